The highest BCUT2D eigenvalue weighted by Crippen LogP contribution is 2.34. The predicted molar refractivity (Wildman–Crippen MR) is 108 cm³/mol. The van der Waals surface area contributed by atoms with Gasteiger partial charge in [-0.2, -0.15) is 0 Å². The second kappa shape index (κ2) is 17.6. The Labute approximate surface area is 162 Å². The highest BCUT2D eigenvalue weighted by Gasteiger charge is 2.41. The number of alkyl halides is 1. The Hall–Kier alpha value is 0.170. The van der Waals surface area contributed by atoms with E-state index in [4.69, 9.17) is 25.8 Å². The lowest BCUT2D eigenvalue weighted by Crippen LogP contribution is -2.47. The van der Waals surface area contributed by atoms with Crippen LogP contribution in [0.3, 0.4) is 0 Å². The molecule has 0 saturated carbocycles. The number of halogens is 1. The highest BCUT2D eigenvalue weighted by atomic mass is 35.5. The molecule has 0 aromatic heterocycles. The summed E-state index contributed by atoms with van der Waals surface area (Å²) in [5, 5.41) is 0. The minimum absolute atomic E-state index is 0.195. The van der Waals surface area contributed by atoms with E-state index in [9.17, 15) is 0 Å². The molecule has 0 aromatic rings. The maximum absolute atomic E-state index is 6.19. The normalized spacial score (nSPS) is 13.3. The molecule has 0 spiro atoms. The van der Waals surface area contributed by atoms with E-state index in [0.29, 0.717) is 25.7 Å². The van der Waals surface area contributed by atoms with Gasteiger partial charge in [-0.25, -0.2) is 0 Å². The number of unbranched alkanes of at least 4 members (excludes halogenated alkanes) is 5. The summed E-state index contributed by atoms with van der Waals surface area (Å²) < 4.78 is 18.6. The third-order valence-corrected chi connectivity index (χ3v) is 4.60. The lowest BCUT2D eigenvalue weighted by atomic mass is 9.95. The summed E-state index contributed by atoms with van der Waals surface area (Å²) >= 11 is 6.12. The summed E-state index contributed by atoms with van der Waals surface area (Å²) in [5.74, 6) is -0.107. The van der Waals surface area contributed by atoms with E-state index in [0.717, 1.165) is 32.1 Å². The number of hydrogen-bond donors (Lipinski definition) is 0. The van der Waals surface area contributed by atoms with Crippen molar-refractivity contribution in [2.45, 2.75) is 104 Å². The Morgan fingerprint density at radius 1 is 0.640 bits per heavy atom. The Balaban J connectivity index is 4.88. The Kier molecular flexibility index (Phi) is 17.7. The van der Waals surface area contributed by atoms with Crippen LogP contribution in [0, 0.1) is 5.92 Å². The molecule has 0 aliphatic rings. The van der Waals surface area contributed by atoms with Crippen LogP contribution in [0.15, 0.2) is 0 Å². The van der Waals surface area contributed by atoms with E-state index in [-0.39, 0.29) is 5.92 Å². The molecular weight excluding hydrogens is 336 g/mol. The number of ether oxygens (including phenoxy) is 3. The average Bonchev–Trinajstić information content (AvgIpc) is 2.63. The molecule has 4 heteroatoms. The maximum atomic E-state index is 6.19. The van der Waals surface area contributed by atoms with Gasteiger partial charge in [0.2, 0.25) is 0 Å². The molecule has 0 amide bonds. The molecule has 0 aliphatic carbocycles. The molecule has 0 rings (SSSR count). The molecule has 25 heavy (non-hydrogen) atoms. The van der Waals surface area contributed by atoms with Crippen LogP contribution >= 0.6 is 11.6 Å². The first-order valence-corrected chi connectivity index (χ1v) is 11.2. The molecule has 0 radical (unpaired) electrons. The molecule has 0 N–H and O–H groups in total. The van der Waals surface area contributed by atoms with Crippen LogP contribution < -0.4 is 0 Å². The summed E-state index contributed by atoms with van der Waals surface area (Å²) in [4.78, 5) is 0. The van der Waals surface area contributed by atoms with Gasteiger partial charge in [-0.1, -0.05) is 66.2 Å². The summed E-state index contributed by atoms with van der Waals surface area (Å²) in [6, 6.07) is 0. The monoisotopic (exact) mass is 378 g/mol. The Morgan fingerprint density at radius 3 is 1.56 bits per heavy atom. The van der Waals surface area contributed by atoms with E-state index in [1.807, 2.05) is 0 Å². The second-order valence-corrected chi connectivity index (χ2v) is 7.26. The van der Waals surface area contributed by atoms with Gasteiger partial charge in [-0.15, -0.1) is 11.6 Å². The Bertz CT molecular complexity index is 252. The van der Waals surface area contributed by atoms with Gasteiger partial charge in [0.1, 0.15) is 0 Å². The predicted octanol–water partition coefficient (Wildman–Crippen LogP) is 6.92. The molecule has 1 atom stereocenters. The average molecular weight is 379 g/mol. The molecular formula is C21H43ClO3. The van der Waals surface area contributed by atoms with Gasteiger partial charge in [0.05, 0.1) is 19.8 Å². The standard InChI is InChI=1S/C21H43ClO3/c1-5-9-10-11-12-13-14-20(15-16-22)21(23-17-6-2,24-18-7-3)25-19-8-4/h20H,5-19H2,1-4H3. The molecule has 0 bridgehead atoms. The van der Waals surface area contributed by atoms with Gasteiger partial charge < -0.3 is 14.2 Å². The largest absolute Gasteiger partial charge is 0.327 e. The zero-order chi connectivity index (χ0) is 18.8. The van der Waals surface area contributed by atoms with Gasteiger partial charge in [0, 0.05) is 11.8 Å². The molecule has 1 unspecified atom stereocenters. The topological polar surface area (TPSA) is 27.7 Å². The molecule has 3 nitrogen and oxygen atoms in total. The van der Waals surface area contributed by atoms with Gasteiger partial charge >= 0.3 is 0 Å². The maximum Gasteiger partial charge on any atom is 0.285 e. The smallest absolute Gasteiger partial charge is 0.285 e. The van der Waals surface area contributed by atoms with E-state index >= 15 is 0 Å². The third-order valence-electron chi connectivity index (χ3n) is 4.39. The SMILES string of the molecule is CCCCCCCCC(CCCl)C(OCCC)(OCCC)OCCC. The van der Waals surface area contributed by atoms with Gasteiger partial charge in [0.15, 0.2) is 0 Å². The van der Waals surface area contributed by atoms with Crippen LogP contribution in [0.25, 0.3) is 0 Å². The minimum atomic E-state index is -0.916. The first-order valence-electron chi connectivity index (χ1n) is 10.7. The van der Waals surface area contributed by atoms with Crippen molar-refractivity contribution in [2.75, 3.05) is 25.7 Å². The van der Waals surface area contributed by atoms with Gasteiger partial charge in [-0.05, 0) is 32.1 Å². The third kappa shape index (κ3) is 11.5. The zero-order valence-electron chi connectivity index (χ0n) is 17.3. The number of rotatable bonds is 19. The van der Waals surface area contributed by atoms with Gasteiger partial charge in [-0.3, -0.25) is 0 Å². The molecule has 152 valence electrons. The highest BCUT2D eigenvalue weighted by molar-refractivity contribution is 6.17. The fourth-order valence-corrected chi connectivity index (χ4v) is 3.28. The van der Waals surface area contributed by atoms with E-state index < -0.39 is 5.97 Å². The summed E-state index contributed by atoms with van der Waals surface area (Å²) in [7, 11) is 0. The summed E-state index contributed by atoms with van der Waals surface area (Å²) in [6.07, 6.45) is 12.5. The van der Waals surface area contributed by atoms with Crippen molar-refractivity contribution in [1.82, 2.24) is 0 Å². The quantitative estimate of drug-likeness (QED) is 0.139. The summed E-state index contributed by atoms with van der Waals surface area (Å²) in [6.45, 7) is 10.6. The summed E-state index contributed by atoms with van der Waals surface area (Å²) in [5.41, 5.74) is 0. The molecule has 0 heterocycles. The Morgan fingerprint density at radius 2 is 1.12 bits per heavy atom. The first kappa shape index (κ1) is 25.2. The number of hydrogen-bond acceptors (Lipinski definition) is 3. The first-order chi connectivity index (χ1) is 12.2. The van der Waals surface area contributed by atoms with Crippen molar-refractivity contribution in [1.29, 1.82) is 0 Å². The van der Waals surface area contributed by atoms with Crippen LogP contribution in [0.4, 0.5) is 0 Å². The van der Waals surface area contributed by atoms with Crippen molar-refractivity contribution in [2.24, 2.45) is 5.92 Å². The fourth-order valence-electron chi connectivity index (χ4n) is 3.01. The molecule has 0 fully saturated rings. The lowest BCUT2D eigenvalue weighted by molar-refractivity contribution is -0.406. The van der Waals surface area contributed by atoms with Crippen LogP contribution in [0.1, 0.15) is 98.3 Å². The van der Waals surface area contributed by atoms with Crippen LogP contribution in [-0.4, -0.2) is 31.7 Å². The van der Waals surface area contributed by atoms with E-state index in [1.54, 1.807) is 0 Å². The van der Waals surface area contributed by atoms with Gasteiger partial charge in [0.25, 0.3) is 5.97 Å². The van der Waals surface area contributed by atoms with Crippen LogP contribution in [0.5, 0.6) is 0 Å². The zero-order valence-corrected chi connectivity index (χ0v) is 18.0. The minimum Gasteiger partial charge on any atom is -0.327 e. The van der Waals surface area contributed by atoms with Crippen molar-refractivity contribution >= 4 is 11.6 Å². The van der Waals surface area contributed by atoms with Crippen molar-refractivity contribution in [3.8, 4) is 0 Å². The van der Waals surface area contributed by atoms with Crippen LogP contribution in [-0.2, 0) is 14.2 Å². The molecule has 0 saturated heterocycles. The van der Waals surface area contributed by atoms with E-state index in [1.165, 1.54) is 38.5 Å². The van der Waals surface area contributed by atoms with Crippen molar-refractivity contribution < 1.29 is 14.2 Å². The van der Waals surface area contributed by atoms with Crippen molar-refractivity contribution in [3.63, 3.8) is 0 Å². The van der Waals surface area contributed by atoms with E-state index in [2.05, 4.69) is 27.7 Å². The molecule has 0 aliphatic heterocycles. The lowest BCUT2D eigenvalue weighted by Gasteiger charge is -2.39. The second-order valence-electron chi connectivity index (χ2n) is 6.88. The fraction of sp³-hybridized carbons (Fsp3) is 1.00. The molecule has 0 aromatic carbocycles. The van der Waals surface area contributed by atoms with Crippen molar-refractivity contribution in [3.05, 3.63) is 0 Å². The van der Waals surface area contributed by atoms with Crippen LogP contribution in [0.2, 0.25) is 0 Å².